The normalized spacial score (nSPS) is 27.5. The van der Waals surface area contributed by atoms with E-state index in [1.54, 1.807) is 0 Å². The van der Waals surface area contributed by atoms with E-state index >= 15 is 0 Å². The maximum Gasteiger partial charge on any atom is 0.410 e. The van der Waals surface area contributed by atoms with Gasteiger partial charge in [-0.3, -0.25) is 4.98 Å². The van der Waals surface area contributed by atoms with E-state index in [2.05, 4.69) is 18.0 Å². The van der Waals surface area contributed by atoms with Crippen LogP contribution in [0, 0.1) is 5.92 Å². The van der Waals surface area contributed by atoms with Crippen molar-refractivity contribution in [3.05, 3.63) is 29.6 Å². The fourth-order valence-corrected chi connectivity index (χ4v) is 5.96. The van der Waals surface area contributed by atoms with Crippen molar-refractivity contribution in [1.82, 2.24) is 14.2 Å². The molecule has 2 fully saturated rings. The van der Waals surface area contributed by atoms with Gasteiger partial charge in [0.1, 0.15) is 17.0 Å². The van der Waals surface area contributed by atoms with Crippen LogP contribution in [0.1, 0.15) is 57.2 Å². The predicted molar refractivity (Wildman–Crippen MR) is 124 cm³/mol. The van der Waals surface area contributed by atoms with Gasteiger partial charge in [-0.1, -0.05) is 6.08 Å². The number of pyridine rings is 1. The van der Waals surface area contributed by atoms with Gasteiger partial charge in [-0.25, -0.2) is 13.2 Å². The van der Waals surface area contributed by atoms with E-state index in [4.69, 9.17) is 9.47 Å². The number of amides is 1. The standard InChI is InChI=1S/C24H33N3O5S/c1-23(8-9-23)32-22(28)26-10-6-19(7-11-26)24(2)15-18-14-20(25-16-21(18)31-24)17-4-12-27(13-5-17)33(3,29)30/h4,14,16,19H,5-13,15H2,1-3H3. The summed E-state index contributed by atoms with van der Waals surface area (Å²) >= 11 is 0. The van der Waals surface area contributed by atoms with E-state index in [0.717, 1.165) is 54.7 Å². The third-order valence-corrected chi connectivity index (χ3v) is 8.98. The topological polar surface area (TPSA) is 89.0 Å². The van der Waals surface area contributed by atoms with Crippen LogP contribution in [0.4, 0.5) is 4.79 Å². The van der Waals surface area contributed by atoms with Gasteiger partial charge in [-0.05, 0) is 57.6 Å². The number of rotatable bonds is 4. The van der Waals surface area contributed by atoms with E-state index in [1.165, 1.54) is 10.6 Å². The molecule has 1 saturated carbocycles. The molecule has 0 aromatic carbocycles. The molecule has 1 aromatic heterocycles. The monoisotopic (exact) mass is 475 g/mol. The van der Waals surface area contributed by atoms with Gasteiger partial charge in [0.15, 0.2) is 0 Å². The quantitative estimate of drug-likeness (QED) is 0.664. The van der Waals surface area contributed by atoms with Crippen LogP contribution in [0.25, 0.3) is 5.57 Å². The number of aromatic nitrogens is 1. The van der Waals surface area contributed by atoms with E-state index in [9.17, 15) is 13.2 Å². The molecule has 8 nitrogen and oxygen atoms in total. The lowest BCUT2D eigenvalue weighted by atomic mass is 9.79. The largest absolute Gasteiger partial charge is 0.485 e. The summed E-state index contributed by atoms with van der Waals surface area (Å²) in [5, 5.41) is 0. The van der Waals surface area contributed by atoms with Crippen LogP contribution < -0.4 is 4.74 Å². The minimum absolute atomic E-state index is 0.182. The summed E-state index contributed by atoms with van der Waals surface area (Å²) in [4.78, 5) is 18.9. The lowest BCUT2D eigenvalue weighted by molar-refractivity contribution is 0.00192. The molecule has 1 unspecified atom stereocenters. The Labute approximate surface area is 196 Å². The molecule has 0 spiro atoms. The van der Waals surface area contributed by atoms with Gasteiger partial charge in [0, 0.05) is 44.1 Å². The third-order valence-electron chi connectivity index (χ3n) is 7.71. The smallest absolute Gasteiger partial charge is 0.410 e. The van der Waals surface area contributed by atoms with Gasteiger partial charge in [-0.15, -0.1) is 0 Å². The van der Waals surface area contributed by atoms with Gasteiger partial charge in [0.05, 0.1) is 18.1 Å². The molecule has 0 radical (unpaired) electrons. The van der Waals surface area contributed by atoms with Crippen molar-refractivity contribution in [2.24, 2.45) is 5.92 Å². The molecule has 0 N–H and O–H groups in total. The van der Waals surface area contributed by atoms with Crippen molar-refractivity contribution < 1.29 is 22.7 Å². The molecule has 33 heavy (non-hydrogen) atoms. The summed E-state index contributed by atoms with van der Waals surface area (Å²) in [6.07, 6.45) is 10.0. The Balaban J connectivity index is 1.21. The molecule has 5 rings (SSSR count). The third kappa shape index (κ3) is 4.62. The molecule has 1 aromatic rings. The molecule has 1 amide bonds. The minimum Gasteiger partial charge on any atom is -0.485 e. The molecule has 1 saturated heterocycles. The van der Waals surface area contributed by atoms with Crippen molar-refractivity contribution in [2.75, 3.05) is 32.4 Å². The maximum atomic E-state index is 12.4. The van der Waals surface area contributed by atoms with E-state index in [-0.39, 0.29) is 17.3 Å². The summed E-state index contributed by atoms with van der Waals surface area (Å²) in [5.41, 5.74) is 2.59. The van der Waals surface area contributed by atoms with Gasteiger partial charge in [0.2, 0.25) is 10.0 Å². The first-order valence-corrected chi connectivity index (χ1v) is 13.7. The highest BCUT2D eigenvalue weighted by Crippen LogP contribution is 2.44. The second kappa shape index (κ2) is 7.98. The molecular weight excluding hydrogens is 442 g/mol. The Bertz CT molecular complexity index is 1090. The van der Waals surface area contributed by atoms with Gasteiger partial charge in [-0.2, -0.15) is 4.31 Å². The summed E-state index contributed by atoms with van der Waals surface area (Å²) in [5.74, 6) is 1.19. The average molecular weight is 476 g/mol. The van der Waals surface area contributed by atoms with Crippen LogP contribution in [-0.4, -0.2) is 72.3 Å². The Morgan fingerprint density at radius 2 is 1.94 bits per heavy atom. The molecule has 4 aliphatic rings. The number of fused-ring (bicyclic) bond motifs is 1. The first kappa shape index (κ1) is 22.7. The highest BCUT2D eigenvalue weighted by atomic mass is 32.2. The molecule has 4 heterocycles. The van der Waals surface area contributed by atoms with Gasteiger partial charge < -0.3 is 14.4 Å². The van der Waals surface area contributed by atoms with Crippen molar-refractivity contribution in [3.8, 4) is 5.75 Å². The molecule has 1 aliphatic carbocycles. The Morgan fingerprint density at radius 1 is 1.21 bits per heavy atom. The first-order chi connectivity index (χ1) is 15.5. The SMILES string of the molecule is CC1(OC(=O)N2CCC(C3(C)Cc4cc(C5=CCN(S(C)(=O)=O)CC5)ncc4O3)CC2)CC1. The molecule has 0 bridgehead atoms. The summed E-state index contributed by atoms with van der Waals surface area (Å²) in [6.45, 7) is 6.43. The van der Waals surface area contributed by atoms with E-state index in [1.807, 2.05) is 24.1 Å². The van der Waals surface area contributed by atoms with E-state index < -0.39 is 10.0 Å². The van der Waals surface area contributed by atoms with Gasteiger partial charge in [0.25, 0.3) is 0 Å². The number of sulfonamides is 1. The molecule has 180 valence electrons. The summed E-state index contributed by atoms with van der Waals surface area (Å²) in [6, 6.07) is 2.10. The number of carbonyl (C=O) groups is 1. The zero-order chi connectivity index (χ0) is 23.4. The lowest BCUT2D eigenvalue weighted by Gasteiger charge is -2.39. The zero-order valence-electron chi connectivity index (χ0n) is 19.7. The molecule has 9 heteroatoms. The first-order valence-electron chi connectivity index (χ1n) is 11.9. The highest BCUT2D eigenvalue weighted by Gasteiger charge is 2.46. The predicted octanol–water partition coefficient (Wildman–Crippen LogP) is 3.23. The zero-order valence-corrected chi connectivity index (χ0v) is 20.5. The molecule has 1 atom stereocenters. The summed E-state index contributed by atoms with van der Waals surface area (Å²) in [7, 11) is -3.17. The maximum absolute atomic E-state index is 12.4. The molecule has 3 aliphatic heterocycles. The Hall–Kier alpha value is -2.13. The lowest BCUT2D eigenvalue weighted by Crippen LogP contribution is -2.48. The number of hydrogen-bond donors (Lipinski definition) is 0. The fraction of sp³-hybridized carbons (Fsp3) is 0.667. The van der Waals surface area contributed by atoms with Crippen LogP contribution in [0.2, 0.25) is 0 Å². The fourth-order valence-electron chi connectivity index (χ4n) is 5.19. The number of carbonyl (C=O) groups excluding carboxylic acids is 1. The van der Waals surface area contributed by atoms with Crippen LogP contribution in [-0.2, 0) is 21.2 Å². The Kier molecular flexibility index (Phi) is 5.47. The average Bonchev–Trinajstić information content (AvgIpc) is 3.39. The van der Waals surface area contributed by atoms with E-state index in [0.29, 0.717) is 38.5 Å². The van der Waals surface area contributed by atoms with Crippen molar-refractivity contribution in [2.45, 2.75) is 63.6 Å². The number of nitrogens with zero attached hydrogens (tertiary/aromatic N) is 3. The minimum atomic E-state index is -3.17. The number of likely N-dealkylation sites (tertiary alicyclic amines) is 1. The highest BCUT2D eigenvalue weighted by molar-refractivity contribution is 7.88. The Morgan fingerprint density at radius 3 is 2.55 bits per heavy atom. The van der Waals surface area contributed by atoms with Crippen molar-refractivity contribution in [1.29, 1.82) is 0 Å². The number of hydrogen-bond acceptors (Lipinski definition) is 6. The van der Waals surface area contributed by atoms with Crippen LogP contribution in [0.5, 0.6) is 5.75 Å². The second-order valence-electron chi connectivity index (χ2n) is 10.4. The van der Waals surface area contributed by atoms with Crippen molar-refractivity contribution in [3.63, 3.8) is 0 Å². The molecular formula is C24H33N3O5S. The second-order valence-corrected chi connectivity index (χ2v) is 12.4. The number of ether oxygens (including phenoxy) is 2. The summed E-state index contributed by atoms with van der Waals surface area (Å²) < 4.78 is 37.1. The number of piperidine rings is 1. The van der Waals surface area contributed by atoms with Crippen LogP contribution in [0.3, 0.4) is 0 Å². The van der Waals surface area contributed by atoms with Crippen LogP contribution >= 0.6 is 0 Å². The van der Waals surface area contributed by atoms with Crippen molar-refractivity contribution >= 4 is 21.7 Å². The van der Waals surface area contributed by atoms with Crippen LogP contribution in [0.15, 0.2) is 18.3 Å². The van der Waals surface area contributed by atoms with Gasteiger partial charge >= 0.3 is 6.09 Å².